The second-order valence-electron chi connectivity index (χ2n) is 6.65. The maximum absolute atomic E-state index is 9.79. The Hall–Kier alpha value is -1.64. The van der Waals surface area contributed by atoms with Crippen molar-refractivity contribution in [1.82, 2.24) is 5.32 Å². The number of fused-ring (bicyclic) bond motifs is 1. The molecule has 0 amide bonds. The second-order valence-corrected chi connectivity index (χ2v) is 6.65. The molecule has 0 heterocycles. The number of nitrogens with one attached hydrogen (secondary N) is 1. The lowest BCUT2D eigenvalue weighted by atomic mass is 9.53. The highest BCUT2D eigenvalue weighted by Gasteiger charge is 2.48. The van der Waals surface area contributed by atoms with Crippen LogP contribution < -0.4 is 5.32 Å². The molecule has 0 fully saturated rings. The Bertz CT molecular complexity index is 709. The number of hydrogen-bond donors (Lipinski definition) is 2. The van der Waals surface area contributed by atoms with E-state index in [9.17, 15) is 5.11 Å². The molecule has 2 unspecified atom stereocenters. The van der Waals surface area contributed by atoms with Crippen molar-refractivity contribution in [3.05, 3.63) is 70.3 Å². The predicted octanol–water partition coefficient (Wildman–Crippen LogP) is 3.31. The maximum Gasteiger partial charge on any atom is 0.0442 e. The lowest BCUT2D eigenvalue weighted by molar-refractivity contribution is 0.230. The van der Waals surface area contributed by atoms with Crippen LogP contribution in [0.2, 0.25) is 0 Å². The summed E-state index contributed by atoms with van der Waals surface area (Å²) >= 11 is 0. The first-order valence-corrected chi connectivity index (χ1v) is 8.29. The molecule has 2 nitrogen and oxygen atoms in total. The van der Waals surface area contributed by atoms with Crippen LogP contribution in [0.4, 0.5) is 0 Å². The van der Waals surface area contributed by atoms with E-state index in [0.29, 0.717) is 5.92 Å². The molecule has 114 valence electrons. The molecule has 2 heteroatoms. The van der Waals surface area contributed by atoms with E-state index in [2.05, 4.69) is 47.8 Å². The fourth-order valence-corrected chi connectivity index (χ4v) is 4.91. The summed E-state index contributed by atoms with van der Waals surface area (Å²) in [5.74, 6) is 0.531. The lowest BCUT2D eigenvalue weighted by Gasteiger charge is -2.50. The van der Waals surface area contributed by atoms with Crippen LogP contribution in [0.25, 0.3) is 0 Å². The highest BCUT2D eigenvalue weighted by Crippen LogP contribution is 2.58. The van der Waals surface area contributed by atoms with Gasteiger partial charge in [0.05, 0.1) is 0 Å². The zero-order chi connectivity index (χ0) is 15.2. The van der Waals surface area contributed by atoms with Gasteiger partial charge in [-0.25, -0.2) is 0 Å². The zero-order valence-electron chi connectivity index (χ0n) is 13.1. The normalized spacial score (nSPS) is 24.9. The van der Waals surface area contributed by atoms with Gasteiger partial charge in [-0.3, -0.25) is 0 Å². The Morgan fingerprint density at radius 3 is 2.77 bits per heavy atom. The predicted molar refractivity (Wildman–Crippen MR) is 89.2 cm³/mol. The Balaban J connectivity index is 2.02. The minimum absolute atomic E-state index is 0.00285. The van der Waals surface area contributed by atoms with Crippen LogP contribution in [0.15, 0.2) is 42.5 Å². The summed E-state index contributed by atoms with van der Waals surface area (Å²) in [6.07, 6.45) is 3.18. The molecule has 0 aliphatic heterocycles. The summed E-state index contributed by atoms with van der Waals surface area (Å²) < 4.78 is 0. The van der Waals surface area contributed by atoms with Gasteiger partial charge in [0.2, 0.25) is 0 Å². The van der Waals surface area contributed by atoms with E-state index in [1.807, 2.05) is 7.05 Å². The first-order valence-electron chi connectivity index (χ1n) is 8.29. The van der Waals surface area contributed by atoms with Crippen LogP contribution in [0, 0.1) is 0 Å². The Labute approximate surface area is 132 Å². The summed E-state index contributed by atoms with van der Waals surface area (Å²) in [6.45, 7) is 1.14. The summed E-state index contributed by atoms with van der Waals surface area (Å²) in [4.78, 5) is 0. The summed E-state index contributed by atoms with van der Waals surface area (Å²) in [6, 6.07) is 15.6. The number of rotatable bonds is 4. The van der Waals surface area contributed by atoms with Crippen LogP contribution in [0.3, 0.4) is 0 Å². The van der Waals surface area contributed by atoms with E-state index in [-0.39, 0.29) is 12.0 Å². The van der Waals surface area contributed by atoms with Gasteiger partial charge in [0.15, 0.2) is 0 Å². The summed E-state index contributed by atoms with van der Waals surface area (Å²) in [5.41, 5.74) is 7.32. The zero-order valence-corrected chi connectivity index (χ0v) is 13.1. The number of aliphatic hydroxyl groups excluding tert-OH is 1. The molecule has 0 aromatic heterocycles. The molecule has 5 rings (SSSR count). The number of hydrogen-bond acceptors (Lipinski definition) is 2. The van der Waals surface area contributed by atoms with Crippen molar-refractivity contribution in [2.45, 2.75) is 37.1 Å². The number of benzene rings is 2. The molecular weight excluding hydrogens is 270 g/mol. The van der Waals surface area contributed by atoms with Crippen molar-refractivity contribution in [3.63, 3.8) is 0 Å². The van der Waals surface area contributed by atoms with Gasteiger partial charge in [0.1, 0.15) is 0 Å². The van der Waals surface area contributed by atoms with Crippen molar-refractivity contribution in [2.24, 2.45) is 0 Å². The summed E-state index contributed by atoms with van der Waals surface area (Å²) in [5, 5.41) is 13.1. The highest BCUT2D eigenvalue weighted by atomic mass is 16.3. The van der Waals surface area contributed by atoms with Gasteiger partial charge in [-0.2, -0.15) is 0 Å². The molecule has 22 heavy (non-hydrogen) atoms. The molecule has 3 aliphatic carbocycles. The third-order valence-corrected chi connectivity index (χ3v) is 5.65. The molecule has 3 aliphatic rings. The van der Waals surface area contributed by atoms with Crippen molar-refractivity contribution < 1.29 is 5.11 Å². The van der Waals surface area contributed by atoms with Gasteiger partial charge in [0.25, 0.3) is 0 Å². The van der Waals surface area contributed by atoms with Gasteiger partial charge in [-0.15, -0.1) is 0 Å². The Morgan fingerprint density at radius 1 is 1.14 bits per heavy atom. The van der Waals surface area contributed by atoms with Gasteiger partial charge >= 0.3 is 0 Å². The van der Waals surface area contributed by atoms with Gasteiger partial charge < -0.3 is 10.4 Å². The molecule has 0 radical (unpaired) electrons. The quantitative estimate of drug-likeness (QED) is 0.906. The summed E-state index contributed by atoms with van der Waals surface area (Å²) in [7, 11) is 2.01. The van der Waals surface area contributed by atoms with Crippen LogP contribution in [0.5, 0.6) is 0 Å². The van der Waals surface area contributed by atoms with Gasteiger partial charge in [-0.1, -0.05) is 42.5 Å². The average Bonchev–Trinajstić information content (AvgIpc) is 2.56. The number of aliphatic hydroxyl groups is 1. The van der Waals surface area contributed by atoms with Crippen LogP contribution in [-0.4, -0.2) is 18.8 Å². The molecule has 2 N–H and O–H groups in total. The average molecular weight is 293 g/mol. The van der Waals surface area contributed by atoms with Crippen molar-refractivity contribution in [3.8, 4) is 0 Å². The van der Waals surface area contributed by atoms with E-state index < -0.39 is 0 Å². The van der Waals surface area contributed by atoms with Crippen molar-refractivity contribution >= 4 is 0 Å². The SMILES string of the molecule is CNCc1cccc2c1C1(CCO)CCC2c2ccccc21. The molecule has 2 aromatic carbocycles. The minimum Gasteiger partial charge on any atom is -0.396 e. The van der Waals surface area contributed by atoms with E-state index in [4.69, 9.17) is 0 Å². The molecule has 2 aromatic rings. The van der Waals surface area contributed by atoms with E-state index in [0.717, 1.165) is 19.4 Å². The largest absolute Gasteiger partial charge is 0.396 e. The van der Waals surface area contributed by atoms with Crippen LogP contribution in [-0.2, 0) is 12.0 Å². The van der Waals surface area contributed by atoms with Crippen molar-refractivity contribution in [2.75, 3.05) is 13.7 Å². The standard InChI is InChI=1S/C20H23NO/c1-21-13-14-5-4-7-17-15-9-10-20(11-12-22,19(14)17)18-8-3-2-6-16(15)18/h2-8,15,21-22H,9-13H2,1H3. The Morgan fingerprint density at radius 2 is 1.95 bits per heavy atom. The fourth-order valence-electron chi connectivity index (χ4n) is 4.91. The Kier molecular flexibility index (Phi) is 3.32. The van der Waals surface area contributed by atoms with E-state index >= 15 is 0 Å². The molecule has 2 bridgehead atoms. The topological polar surface area (TPSA) is 32.3 Å². The van der Waals surface area contributed by atoms with Gasteiger partial charge in [0, 0.05) is 24.5 Å². The molecular formula is C20H23NO. The smallest absolute Gasteiger partial charge is 0.0442 e. The maximum atomic E-state index is 9.79. The second kappa shape index (κ2) is 5.22. The first-order chi connectivity index (χ1) is 10.8. The van der Waals surface area contributed by atoms with Gasteiger partial charge in [-0.05, 0) is 54.1 Å². The van der Waals surface area contributed by atoms with E-state index in [1.54, 1.807) is 0 Å². The van der Waals surface area contributed by atoms with Crippen LogP contribution >= 0.6 is 0 Å². The van der Waals surface area contributed by atoms with Crippen molar-refractivity contribution in [1.29, 1.82) is 0 Å². The molecule has 0 spiro atoms. The first kappa shape index (κ1) is 14.0. The lowest BCUT2D eigenvalue weighted by Crippen LogP contribution is -2.42. The van der Waals surface area contributed by atoms with E-state index in [1.165, 1.54) is 34.2 Å². The third-order valence-electron chi connectivity index (χ3n) is 5.65. The monoisotopic (exact) mass is 293 g/mol. The molecule has 0 saturated heterocycles. The molecule has 0 saturated carbocycles. The minimum atomic E-state index is 0.00285. The molecule has 2 atom stereocenters. The van der Waals surface area contributed by atoms with Crippen LogP contribution in [0.1, 0.15) is 53.0 Å². The third kappa shape index (κ3) is 1.74. The highest BCUT2D eigenvalue weighted by molar-refractivity contribution is 5.61. The fraction of sp³-hybridized carbons (Fsp3) is 0.400.